The first-order valence-corrected chi connectivity index (χ1v) is 12.0. The van der Waals surface area contributed by atoms with Crippen molar-refractivity contribution in [1.29, 1.82) is 0 Å². The number of Topliss-reactive ketones (excluding diaryl/α,β-unsaturated/α-hetero) is 4. The lowest BCUT2D eigenvalue weighted by atomic mass is 9.56. The number of hydrogen-bond donors (Lipinski definition) is 0. The van der Waals surface area contributed by atoms with Gasteiger partial charge in [0, 0.05) is 5.92 Å². The van der Waals surface area contributed by atoms with E-state index < -0.39 is 28.8 Å². The number of rotatable bonds is 12. The highest BCUT2D eigenvalue weighted by Crippen LogP contribution is 2.45. The summed E-state index contributed by atoms with van der Waals surface area (Å²) in [5.41, 5.74) is -1.18. The largest absolute Gasteiger partial charge is 0.298 e. The third kappa shape index (κ3) is 6.11. The molecule has 0 amide bonds. The van der Waals surface area contributed by atoms with Crippen molar-refractivity contribution in [1.82, 2.24) is 0 Å². The SMILES string of the molecule is CCC(C)C(=O)C1C(=O)C(CCC(C)C)C(=O)C(CCC(C)C)(CCC(C)C)C1=O. The Morgan fingerprint density at radius 1 is 0.800 bits per heavy atom. The Kier molecular flexibility index (Phi) is 10.1. The van der Waals surface area contributed by atoms with Crippen molar-refractivity contribution in [3.8, 4) is 0 Å². The topological polar surface area (TPSA) is 68.3 Å². The molecule has 0 radical (unpaired) electrons. The van der Waals surface area contributed by atoms with Crippen molar-refractivity contribution >= 4 is 23.1 Å². The van der Waals surface area contributed by atoms with Crippen LogP contribution in [-0.2, 0) is 19.2 Å². The molecule has 3 unspecified atom stereocenters. The Labute approximate surface area is 184 Å². The van der Waals surface area contributed by atoms with Crippen LogP contribution in [0.3, 0.4) is 0 Å². The molecular weight excluding hydrogens is 376 g/mol. The molecule has 1 saturated carbocycles. The van der Waals surface area contributed by atoms with Gasteiger partial charge in [-0.05, 0) is 62.7 Å². The van der Waals surface area contributed by atoms with Crippen LogP contribution in [0.25, 0.3) is 0 Å². The second-order valence-electron chi connectivity index (χ2n) is 10.7. The smallest absolute Gasteiger partial charge is 0.164 e. The number of carbonyl (C=O) groups is 4. The summed E-state index contributed by atoms with van der Waals surface area (Å²) in [6, 6.07) is 0. The second-order valence-corrected chi connectivity index (χ2v) is 10.7. The van der Waals surface area contributed by atoms with E-state index in [1.165, 1.54) is 0 Å². The van der Waals surface area contributed by atoms with Crippen LogP contribution in [0.15, 0.2) is 0 Å². The highest BCUT2D eigenvalue weighted by atomic mass is 16.2. The van der Waals surface area contributed by atoms with Crippen LogP contribution < -0.4 is 0 Å². The molecule has 0 bridgehead atoms. The standard InChI is InChI=1S/C26H44O4/c1-9-19(8)22(27)21-23(28)20(11-10-16(2)3)24(29)26(25(21)30,14-12-17(4)5)15-13-18(6)7/h16-21H,9-15H2,1-8H3. The fraction of sp³-hybridized carbons (Fsp3) is 0.846. The van der Waals surface area contributed by atoms with Gasteiger partial charge in [0.1, 0.15) is 5.92 Å². The summed E-state index contributed by atoms with van der Waals surface area (Å²) in [7, 11) is 0. The Hall–Kier alpha value is -1.32. The minimum absolute atomic E-state index is 0.201. The summed E-state index contributed by atoms with van der Waals surface area (Å²) in [4.78, 5) is 54.0. The molecule has 0 spiro atoms. The van der Waals surface area contributed by atoms with Crippen LogP contribution in [0.2, 0.25) is 0 Å². The van der Waals surface area contributed by atoms with E-state index in [-0.39, 0.29) is 17.5 Å². The predicted octanol–water partition coefficient (Wildman–Crippen LogP) is 5.85. The molecule has 172 valence electrons. The van der Waals surface area contributed by atoms with Crippen LogP contribution in [-0.4, -0.2) is 23.1 Å². The molecule has 0 N–H and O–H groups in total. The predicted molar refractivity (Wildman–Crippen MR) is 121 cm³/mol. The molecule has 1 aliphatic rings. The Bertz CT molecular complexity index is 617. The van der Waals surface area contributed by atoms with Gasteiger partial charge in [-0.25, -0.2) is 0 Å². The van der Waals surface area contributed by atoms with Gasteiger partial charge in [-0.3, -0.25) is 19.2 Å². The minimum Gasteiger partial charge on any atom is -0.298 e. The molecular formula is C26H44O4. The van der Waals surface area contributed by atoms with Gasteiger partial charge in [-0.1, -0.05) is 55.4 Å². The summed E-state index contributed by atoms with van der Waals surface area (Å²) in [5.74, 6) is -2.70. The summed E-state index contributed by atoms with van der Waals surface area (Å²) in [6.07, 6.45) is 4.15. The van der Waals surface area contributed by atoms with Crippen molar-refractivity contribution < 1.29 is 19.2 Å². The van der Waals surface area contributed by atoms with Gasteiger partial charge in [-0.15, -0.1) is 0 Å². The van der Waals surface area contributed by atoms with E-state index in [9.17, 15) is 19.2 Å². The summed E-state index contributed by atoms with van der Waals surface area (Å²) < 4.78 is 0. The van der Waals surface area contributed by atoms with Crippen molar-refractivity contribution in [3.63, 3.8) is 0 Å². The number of hydrogen-bond acceptors (Lipinski definition) is 4. The van der Waals surface area contributed by atoms with Crippen molar-refractivity contribution in [3.05, 3.63) is 0 Å². The summed E-state index contributed by atoms with van der Waals surface area (Å²) in [6.45, 7) is 16.1. The molecule has 4 heteroatoms. The zero-order chi connectivity index (χ0) is 23.2. The lowest BCUT2D eigenvalue weighted by molar-refractivity contribution is -0.161. The van der Waals surface area contributed by atoms with E-state index in [1.54, 1.807) is 6.92 Å². The molecule has 0 heterocycles. The first kappa shape index (κ1) is 26.7. The van der Waals surface area contributed by atoms with Gasteiger partial charge in [0.2, 0.25) is 0 Å². The highest BCUT2D eigenvalue weighted by molar-refractivity contribution is 6.34. The first-order valence-electron chi connectivity index (χ1n) is 12.0. The number of carbonyl (C=O) groups excluding carboxylic acids is 4. The van der Waals surface area contributed by atoms with E-state index in [4.69, 9.17) is 0 Å². The van der Waals surface area contributed by atoms with Crippen LogP contribution in [0.5, 0.6) is 0 Å². The van der Waals surface area contributed by atoms with Gasteiger partial charge in [0.05, 0.1) is 11.3 Å². The molecule has 0 aromatic carbocycles. The maximum atomic E-state index is 13.8. The van der Waals surface area contributed by atoms with Crippen LogP contribution in [0, 0.1) is 40.9 Å². The molecule has 0 aromatic rings. The first-order chi connectivity index (χ1) is 13.9. The minimum atomic E-state index is -1.26. The van der Waals surface area contributed by atoms with E-state index >= 15 is 0 Å². The van der Waals surface area contributed by atoms with Gasteiger partial charge >= 0.3 is 0 Å². The lowest BCUT2D eigenvalue weighted by Crippen LogP contribution is -2.58. The third-order valence-electron chi connectivity index (χ3n) is 6.86. The molecule has 1 aliphatic carbocycles. The average molecular weight is 421 g/mol. The van der Waals surface area contributed by atoms with Crippen LogP contribution in [0.4, 0.5) is 0 Å². The Morgan fingerprint density at radius 2 is 1.27 bits per heavy atom. The zero-order valence-electron chi connectivity index (χ0n) is 20.5. The molecule has 3 atom stereocenters. The lowest BCUT2D eigenvalue weighted by Gasteiger charge is -2.42. The van der Waals surface area contributed by atoms with Crippen molar-refractivity contribution in [2.24, 2.45) is 40.9 Å². The molecule has 1 fully saturated rings. The normalized spacial score (nSPS) is 23.0. The molecule has 0 saturated heterocycles. The maximum Gasteiger partial charge on any atom is 0.164 e. The van der Waals surface area contributed by atoms with Gasteiger partial charge in [-0.2, -0.15) is 0 Å². The molecule has 1 rings (SSSR count). The van der Waals surface area contributed by atoms with Gasteiger partial charge in [0.25, 0.3) is 0 Å². The fourth-order valence-corrected chi connectivity index (χ4v) is 4.41. The van der Waals surface area contributed by atoms with E-state index in [1.807, 2.05) is 6.92 Å². The second kappa shape index (κ2) is 11.3. The Morgan fingerprint density at radius 3 is 1.67 bits per heavy atom. The molecule has 0 aliphatic heterocycles. The van der Waals surface area contributed by atoms with Crippen molar-refractivity contribution in [2.75, 3.05) is 0 Å². The van der Waals surface area contributed by atoms with Crippen molar-refractivity contribution in [2.45, 2.75) is 100 Å². The molecule has 4 nitrogen and oxygen atoms in total. The molecule has 0 aromatic heterocycles. The monoisotopic (exact) mass is 420 g/mol. The Balaban J connectivity index is 3.50. The number of ketones is 4. The fourth-order valence-electron chi connectivity index (χ4n) is 4.41. The van der Waals surface area contributed by atoms with E-state index in [0.29, 0.717) is 43.4 Å². The van der Waals surface area contributed by atoms with E-state index in [2.05, 4.69) is 41.5 Å². The highest BCUT2D eigenvalue weighted by Gasteiger charge is 2.59. The maximum absolute atomic E-state index is 13.8. The summed E-state index contributed by atoms with van der Waals surface area (Å²) >= 11 is 0. The van der Waals surface area contributed by atoms with E-state index in [0.717, 1.165) is 19.3 Å². The quantitative estimate of drug-likeness (QED) is 0.371. The average Bonchev–Trinajstić information content (AvgIpc) is 2.66. The summed E-state index contributed by atoms with van der Waals surface area (Å²) in [5, 5.41) is 0. The van der Waals surface area contributed by atoms with Crippen LogP contribution in [0.1, 0.15) is 100 Å². The van der Waals surface area contributed by atoms with Gasteiger partial charge in [0.15, 0.2) is 23.1 Å². The third-order valence-corrected chi connectivity index (χ3v) is 6.86. The molecule has 30 heavy (non-hydrogen) atoms. The van der Waals surface area contributed by atoms with Gasteiger partial charge < -0.3 is 0 Å². The zero-order valence-corrected chi connectivity index (χ0v) is 20.5. The van der Waals surface area contributed by atoms with Crippen LogP contribution >= 0.6 is 0 Å².